The van der Waals surface area contributed by atoms with Crippen molar-refractivity contribution in [2.75, 3.05) is 11.4 Å². The zero-order valence-electron chi connectivity index (χ0n) is 10.7. The number of hydrogen-bond acceptors (Lipinski definition) is 2. The van der Waals surface area contributed by atoms with Crippen molar-refractivity contribution >= 4 is 11.6 Å². The van der Waals surface area contributed by atoms with Gasteiger partial charge in [-0.15, -0.1) is 0 Å². The first-order chi connectivity index (χ1) is 8.67. The van der Waals surface area contributed by atoms with Gasteiger partial charge in [0.25, 0.3) is 0 Å². The SMILES string of the molecule is C[C@]12CCCC[C@]13NC(=O)CN3c1ccccc12. The first-order valence-electron chi connectivity index (χ1n) is 6.86. The van der Waals surface area contributed by atoms with Crippen molar-refractivity contribution in [3.63, 3.8) is 0 Å². The van der Waals surface area contributed by atoms with Crippen LogP contribution in [0.2, 0.25) is 0 Å². The zero-order chi connectivity index (χ0) is 12.4. The number of carbonyl (C=O) groups is 1. The Labute approximate surface area is 107 Å². The number of anilines is 1. The number of hydrogen-bond donors (Lipinski definition) is 1. The van der Waals surface area contributed by atoms with Crippen LogP contribution in [0.5, 0.6) is 0 Å². The van der Waals surface area contributed by atoms with Gasteiger partial charge in [0.05, 0.1) is 6.54 Å². The number of nitrogens with zero attached hydrogens (tertiary/aromatic N) is 1. The van der Waals surface area contributed by atoms with Gasteiger partial charge < -0.3 is 10.2 Å². The lowest BCUT2D eigenvalue weighted by Gasteiger charge is -2.48. The summed E-state index contributed by atoms with van der Waals surface area (Å²) in [5, 5.41) is 3.31. The summed E-state index contributed by atoms with van der Waals surface area (Å²) in [5.74, 6) is 0.178. The molecule has 3 heteroatoms. The van der Waals surface area contributed by atoms with Crippen molar-refractivity contribution in [1.29, 1.82) is 0 Å². The van der Waals surface area contributed by atoms with E-state index in [-0.39, 0.29) is 17.0 Å². The molecule has 0 unspecified atom stereocenters. The minimum absolute atomic E-state index is 0.0774. The Kier molecular flexibility index (Phi) is 1.78. The normalized spacial score (nSPS) is 36.9. The number of fused-ring (bicyclic) bond motifs is 3. The van der Waals surface area contributed by atoms with Crippen molar-refractivity contribution in [3.8, 4) is 0 Å². The van der Waals surface area contributed by atoms with Crippen molar-refractivity contribution in [2.45, 2.75) is 43.7 Å². The first-order valence-corrected chi connectivity index (χ1v) is 6.86. The molecular formula is C15H18N2O. The Balaban J connectivity index is 1.99. The highest BCUT2D eigenvalue weighted by Gasteiger charge is 2.63. The summed E-state index contributed by atoms with van der Waals surface area (Å²) >= 11 is 0. The van der Waals surface area contributed by atoms with Gasteiger partial charge in [-0.2, -0.15) is 0 Å². The maximum atomic E-state index is 11.9. The zero-order valence-corrected chi connectivity index (χ0v) is 10.7. The fourth-order valence-electron chi connectivity index (χ4n) is 4.42. The Morgan fingerprint density at radius 1 is 1.22 bits per heavy atom. The van der Waals surface area contributed by atoms with Gasteiger partial charge in [0, 0.05) is 11.1 Å². The van der Waals surface area contributed by atoms with E-state index in [1.54, 1.807) is 0 Å². The Morgan fingerprint density at radius 3 is 2.89 bits per heavy atom. The van der Waals surface area contributed by atoms with Gasteiger partial charge in [0.2, 0.25) is 5.91 Å². The molecule has 18 heavy (non-hydrogen) atoms. The van der Waals surface area contributed by atoms with Crippen LogP contribution >= 0.6 is 0 Å². The minimum Gasteiger partial charge on any atom is -0.338 e. The molecule has 1 aromatic carbocycles. The molecule has 3 nitrogen and oxygen atoms in total. The number of carbonyl (C=O) groups excluding carboxylic acids is 1. The second-order valence-electron chi connectivity index (χ2n) is 6.05. The molecule has 1 aromatic rings. The van der Waals surface area contributed by atoms with E-state index in [1.165, 1.54) is 30.5 Å². The average molecular weight is 242 g/mol. The molecule has 1 amide bonds. The third kappa shape index (κ3) is 0.957. The summed E-state index contributed by atoms with van der Waals surface area (Å²) in [6.45, 7) is 2.85. The lowest BCUT2D eigenvalue weighted by Crippen LogP contribution is -2.62. The average Bonchev–Trinajstić information content (AvgIpc) is 2.80. The second kappa shape index (κ2) is 3.08. The van der Waals surface area contributed by atoms with Crippen LogP contribution in [0, 0.1) is 0 Å². The molecule has 1 saturated heterocycles. The molecule has 2 fully saturated rings. The van der Waals surface area contributed by atoms with E-state index in [1.807, 2.05) is 0 Å². The molecule has 0 aromatic heterocycles. The third-order valence-corrected chi connectivity index (χ3v) is 5.28. The molecule has 1 spiro atoms. The van der Waals surface area contributed by atoms with Gasteiger partial charge in [0.1, 0.15) is 5.66 Å². The lowest BCUT2D eigenvalue weighted by molar-refractivity contribution is -0.119. The Hall–Kier alpha value is -1.51. The number of para-hydroxylation sites is 1. The van der Waals surface area contributed by atoms with Crippen molar-refractivity contribution in [1.82, 2.24) is 5.32 Å². The molecule has 2 heterocycles. The molecule has 0 radical (unpaired) electrons. The van der Waals surface area contributed by atoms with Crippen LogP contribution in [0.15, 0.2) is 24.3 Å². The van der Waals surface area contributed by atoms with Crippen molar-refractivity contribution in [2.24, 2.45) is 0 Å². The molecule has 1 N–H and O–H groups in total. The van der Waals surface area contributed by atoms with E-state index in [2.05, 4.69) is 41.4 Å². The predicted molar refractivity (Wildman–Crippen MR) is 70.5 cm³/mol. The Bertz CT molecular complexity index is 541. The first kappa shape index (κ1) is 10.4. The van der Waals surface area contributed by atoms with E-state index in [0.29, 0.717) is 6.54 Å². The number of benzene rings is 1. The van der Waals surface area contributed by atoms with Gasteiger partial charge in [-0.25, -0.2) is 0 Å². The molecule has 2 aliphatic heterocycles. The van der Waals surface area contributed by atoms with Crippen LogP contribution in [-0.4, -0.2) is 18.1 Å². The van der Waals surface area contributed by atoms with E-state index in [9.17, 15) is 4.79 Å². The molecule has 2 atom stereocenters. The fourth-order valence-corrected chi connectivity index (χ4v) is 4.42. The maximum Gasteiger partial charge on any atom is 0.241 e. The van der Waals surface area contributed by atoms with Crippen molar-refractivity contribution in [3.05, 3.63) is 29.8 Å². The highest BCUT2D eigenvalue weighted by Crippen LogP contribution is 2.58. The van der Waals surface area contributed by atoms with E-state index in [0.717, 1.165) is 6.42 Å². The van der Waals surface area contributed by atoms with Crippen LogP contribution in [0.25, 0.3) is 0 Å². The smallest absolute Gasteiger partial charge is 0.241 e. The fraction of sp³-hybridized carbons (Fsp3) is 0.533. The van der Waals surface area contributed by atoms with Gasteiger partial charge in [0.15, 0.2) is 0 Å². The monoisotopic (exact) mass is 242 g/mol. The van der Waals surface area contributed by atoms with E-state index >= 15 is 0 Å². The van der Waals surface area contributed by atoms with Crippen LogP contribution in [0.3, 0.4) is 0 Å². The molecule has 1 aliphatic carbocycles. The third-order valence-electron chi connectivity index (χ3n) is 5.28. The van der Waals surface area contributed by atoms with Crippen LogP contribution in [-0.2, 0) is 10.2 Å². The van der Waals surface area contributed by atoms with Crippen LogP contribution < -0.4 is 10.2 Å². The van der Waals surface area contributed by atoms with Crippen LogP contribution in [0.1, 0.15) is 38.2 Å². The summed E-state index contributed by atoms with van der Waals surface area (Å²) in [4.78, 5) is 14.2. The van der Waals surface area contributed by atoms with Crippen molar-refractivity contribution < 1.29 is 4.79 Å². The summed E-state index contributed by atoms with van der Waals surface area (Å²) in [7, 11) is 0. The summed E-state index contributed by atoms with van der Waals surface area (Å²) in [6, 6.07) is 8.61. The number of nitrogens with one attached hydrogen (secondary N) is 1. The van der Waals surface area contributed by atoms with Gasteiger partial charge in [-0.05, 0) is 30.9 Å². The topological polar surface area (TPSA) is 32.3 Å². The van der Waals surface area contributed by atoms with Gasteiger partial charge in [-0.1, -0.05) is 31.5 Å². The quantitative estimate of drug-likeness (QED) is 0.756. The summed E-state index contributed by atoms with van der Waals surface area (Å²) in [6.07, 6.45) is 4.71. The lowest BCUT2D eigenvalue weighted by atomic mass is 9.65. The standard InChI is InChI=1S/C15H18N2O/c1-14-8-4-5-9-15(14)16-13(18)10-17(15)12-7-3-2-6-11(12)14/h2-3,6-7H,4-5,8-10H2,1H3,(H,16,18)/t14-,15-/m1/s1. The maximum absolute atomic E-state index is 11.9. The molecule has 0 bridgehead atoms. The van der Waals surface area contributed by atoms with E-state index in [4.69, 9.17) is 0 Å². The summed E-state index contributed by atoms with van der Waals surface area (Å²) in [5.41, 5.74) is 2.62. The molecule has 3 aliphatic rings. The Morgan fingerprint density at radius 2 is 2.00 bits per heavy atom. The largest absolute Gasteiger partial charge is 0.338 e. The van der Waals surface area contributed by atoms with E-state index < -0.39 is 0 Å². The number of amides is 1. The predicted octanol–water partition coefficient (Wildman–Crippen LogP) is 2.16. The highest BCUT2D eigenvalue weighted by atomic mass is 16.2. The number of rotatable bonds is 0. The second-order valence-corrected chi connectivity index (χ2v) is 6.05. The highest BCUT2D eigenvalue weighted by molar-refractivity contribution is 5.90. The molecule has 94 valence electrons. The molecule has 4 rings (SSSR count). The summed E-state index contributed by atoms with van der Waals surface area (Å²) < 4.78 is 0. The van der Waals surface area contributed by atoms with Crippen LogP contribution in [0.4, 0.5) is 5.69 Å². The minimum atomic E-state index is -0.147. The van der Waals surface area contributed by atoms with Gasteiger partial charge in [-0.3, -0.25) is 4.79 Å². The molecular weight excluding hydrogens is 224 g/mol. The molecule has 1 saturated carbocycles. The van der Waals surface area contributed by atoms with Gasteiger partial charge >= 0.3 is 0 Å².